The second kappa shape index (κ2) is 7.74. The molecule has 5 heteroatoms. The lowest BCUT2D eigenvalue weighted by molar-refractivity contribution is -0.137. The summed E-state index contributed by atoms with van der Waals surface area (Å²) in [5.41, 5.74) is 2.30. The topological polar surface area (TPSA) is 55.4 Å². The van der Waals surface area contributed by atoms with Gasteiger partial charge in [0.05, 0.1) is 6.61 Å². The summed E-state index contributed by atoms with van der Waals surface area (Å²) in [7, 11) is 1.58. The molecule has 0 bridgehead atoms. The highest BCUT2D eigenvalue weighted by molar-refractivity contribution is 9.08. The van der Waals surface area contributed by atoms with Crippen molar-refractivity contribution in [1.29, 1.82) is 0 Å². The van der Waals surface area contributed by atoms with E-state index in [9.17, 15) is 9.59 Å². The molecule has 1 N–H and O–H groups in total. The number of rotatable bonds is 5. The monoisotopic (exact) mass is 325 g/mol. The molecule has 0 radical (unpaired) electrons. The van der Waals surface area contributed by atoms with Gasteiger partial charge >= 0.3 is 5.97 Å². The van der Waals surface area contributed by atoms with Crippen LogP contribution < -0.4 is 5.32 Å². The van der Waals surface area contributed by atoms with Gasteiger partial charge in [-0.2, -0.15) is 0 Å². The zero-order valence-electron chi connectivity index (χ0n) is 10.9. The SMILES string of the molecule is CCOC(=O)/C=C/c1cc(CBr)cc(C(=O)NC)c1. The maximum absolute atomic E-state index is 11.6. The van der Waals surface area contributed by atoms with E-state index in [2.05, 4.69) is 21.2 Å². The third kappa shape index (κ3) is 4.87. The molecule has 0 unspecified atom stereocenters. The summed E-state index contributed by atoms with van der Waals surface area (Å²) in [6, 6.07) is 5.42. The third-order valence-electron chi connectivity index (χ3n) is 2.36. The molecule has 0 fully saturated rings. The van der Waals surface area contributed by atoms with Crippen LogP contribution in [0.3, 0.4) is 0 Å². The van der Waals surface area contributed by atoms with Crippen molar-refractivity contribution in [3.8, 4) is 0 Å². The Bertz CT molecular complexity index is 497. The van der Waals surface area contributed by atoms with E-state index in [1.54, 1.807) is 32.2 Å². The molecule has 0 aliphatic rings. The molecule has 102 valence electrons. The Morgan fingerprint density at radius 1 is 1.37 bits per heavy atom. The van der Waals surface area contributed by atoms with Crippen molar-refractivity contribution in [3.63, 3.8) is 0 Å². The fourth-order valence-electron chi connectivity index (χ4n) is 1.52. The van der Waals surface area contributed by atoms with Crippen LogP contribution in [0.5, 0.6) is 0 Å². The zero-order valence-corrected chi connectivity index (χ0v) is 12.5. The van der Waals surface area contributed by atoms with Gasteiger partial charge in [-0.1, -0.05) is 22.0 Å². The lowest BCUT2D eigenvalue weighted by Gasteiger charge is -2.05. The van der Waals surface area contributed by atoms with E-state index >= 15 is 0 Å². The first-order valence-electron chi connectivity index (χ1n) is 5.87. The minimum Gasteiger partial charge on any atom is -0.463 e. The summed E-state index contributed by atoms with van der Waals surface area (Å²) in [6.45, 7) is 2.09. The average molecular weight is 326 g/mol. The van der Waals surface area contributed by atoms with Gasteiger partial charge in [0.25, 0.3) is 5.91 Å². The summed E-state index contributed by atoms with van der Waals surface area (Å²) in [5.74, 6) is -0.554. The number of carbonyl (C=O) groups excluding carboxylic acids is 2. The smallest absolute Gasteiger partial charge is 0.330 e. The number of nitrogens with one attached hydrogen (secondary N) is 1. The molecule has 0 saturated carbocycles. The van der Waals surface area contributed by atoms with Gasteiger partial charge in [-0.25, -0.2) is 4.79 Å². The highest BCUT2D eigenvalue weighted by Gasteiger charge is 2.06. The molecular formula is C14H16BrNO3. The number of amides is 1. The van der Waals surface area contributed by atoms with E-state index in [1.165, 1.54) is 6.08 Å². The van der Waals surface area contributed by atoms with Gasteiger partial charge in [-0.15, -0.1) is 0 Å². The van der Waals surface area contributed by atoms with Gasteiger partial charge in [-0.05, 0) is 36.3 Å². The van der Waals surface area contributed by atoms with Crippen LogP contribution >= 0.6 is 15.9 Å². The standard InChI is InChI=1S/C14H16BrNO3/c1-3-19-13(17)5-4-10-6-11(9-15)8-12(7-10)14(18)16-2/h4-8H,3,9H2,1-2H3,(H,16,18)/b5-4+. The summed E-state index contributed by atoms with van der Waals surface area (Å²) >= 11 is 3.35. The van der Waals surface area contributed by atoms with Gasteiger partial charge in [0, 0.05) is 24.0 Å². The highest BCUT2D eigenvalue weighted by Crippen LogP contribution is 2.15. The Kier molecular flexibility index (Phi) is 6.29. The Balaban J connectivity index is 3.00. The Labute approximate surface area is 121 Å². The average Bonchev–Trinajstić information content (AvgIpc) is 2.44. The quantitative estimate of drug-likeness (QED) is 0.514. The van der Waals surface area contributed by atoms with Crippen LogP contribution in [0.25, 0.3) is 6.08 Å². The molecule has 1 rings (SSSR count). The van der Waals surface area contributed by atoms with E-state index < -0.39 is 5.97 Å². The predicted molar refractivity (Wildman–Crippen MR) is 78.1 cm³/mol. The van der Waals surface area contributed by atoms with Gasteiger partial charge in [0.15, 0.2) is 0 Å². The second-order valence-corrected chi connectivity index (χ2v) is 4.32. The summed E-state index contributed by atoms with van der Waals surface area (Å²) in [6.07, 6.45) is 2.99. The molecule has 0 saturated heterocycles. The molecule has 0 heterocycles. The van der Waals surface area contributed by atoms with Gasteiger partial charge in [0.1, 0.15) is 0 Å². The molecule has 1 aromatic carbocycles. The van der Waals surface area contributed by atoms with Crippen molar-refractivity contribution < 1.29 is 14.3 Å². The number of benzene rings is 1. The minimum atomic E-state index is -0.395. The highest BCUT2D eigenvalue weighted by atomic mass is 79.9. The number of alkyl halides is 1. The Morgan fingerprint density at radius 3 is 2.68 bits per heavy atom. The molecule has 0 atom stereocenters. The van der Waals surface area contributed by atoms with Crippen LogP contribution in [0.2, 0.25) is 0 Å². The number of hydrogen-bond donors (Lipinski definition) is 1. The molecule has 0 aliphatic carbocycles. The van der Waals surface area contributed by atoms with Crippen molar-refractivity contribution in [2.24, 2.45) is 0 Å². The lowest BCUT2D eigenvalue weighted by Crippen LogP contribution is -2.18. The lowest BCUT2D eigenvalue weighted by atomic mass is 10.1. The van der Waals surface area contributed by atoms with E-state index in [1.807, 2.05) is 6.07 Å². The molecule has 1 aromatic rings. The second-order valence-electron chi connectivity index (χ2n) is 3.76. The number of carbonyl (C=O) groups is 2. The summed E-state index contributed by atoms with van der Waals surface area (Å²) in [5, 5.41) is 3.21. The van der Waals surface area contributed by atoms with Crippen molar-refractivity contribution in [2.45, 2.75) is 12.3 Å². The molecular weight excluding hydrogens is 310 g/mol. The third-order valence-corrected chi connectivity index (χ3v) is 3.00. The van der Waals surface area contributed by atoms with Crippen molar-refractivity contribution >= 4 is 33.9 Å². The normalized spacial score (nSPS) is 10.5. The summed E-state index contributed by atoms with van der Waals surface area (Å²) in [4.78, 5) is 22.9. The zero-order chi connectivity index (χ0) is 14.3. The van der Waals surface area contributed by atoms with E-state index in [0.717, 1.165) is 11.1 Å². The van der Waals surface area contributed by atoms with Gasteiger partial charge in [-0.3, -0.25) is 4.79 Å². The Hall–Kier alpha value is -1.62. The fraction of sp³-hybridized carbons (Fsp3) is 0.286. The molecule has 0 spiro atoms. The van der Waals surface area contributed by atoms with Crippen LogP contribution in [0, 0.1) is 0 Å². The van der Waals surface area contributed by atoms with Crippen LogP contribution in [0.15, 0.2) is 24.3 Å². The number of halogens is 1. The van der Waals surface area contributed by atoms with Crippen LogP contribution in [-0.2, 0) is 14.9 Å². The first-order valence-corrected chi connectivity index (χ1v) is 6.99. The van der Waals surface area contributed by atoms with Gasteiger partial charge < -0.3 is 10.1 Å². The maximum atomic E-state index is 11.6. The number of hydrogen-bond acceptors (Lipinski definition) is 3. The van der Waals surface area contributed by atoms with Crippen molar-refractivity contribution in [2.75, 3.05) is 13.7 Å². The van der Waals surface area contributed by atoms with Crippen LogP contribution in [0.4, 0.5) is 0 Å². The van der Waals surface area contributed by atoms with Crippen LogP contribution in [-0.4, -0.2) is 25.5 Å². The molecule has 19 heavy (non-hydrogen) atoms. The van der Waals surface area contributed by atoms with E-state index in [-0.39, 0.29) is 5.91 Å². The molecule has 0 aromatic heterocycles. The van der Waals surface area contributed by atoms with Gasteiger partial charge in [0.2, 0.25) is 0 Å². The largest absolute Gasteiger partial charge is 0.463 e. The molecule has 1 amide bonds. The molecule has 0 aliphatic heterocycles. The first kappa shape index (κ1) is 15.4. The van der Waals surface area contributed by atoms with Crippen molar-refractivity contribution in [1.82, 2.24) is 5.32 Å². The van der Waals surface area contributed by atoms with Crippen molar-refractivity contribution in [3.05, 3.63) is 41.0 Å². The minimum absolute atomic E-state index is 0.159. The fourth-order valence-corrected chi connectivity index (χ4v) is 1.85. The van der Waals surface area contributed by atoms with E-state index in [0.29, 0.717) is 17.5 Å². The summed E-state index contributed by atoms with van der Waals surface area (Å²) < 4.78 is 4.80. The first-order chi connectivity index (χ1) is 9.10. The molecule has 4 nitrogen and oxygen atoms in total. The Morgan fingerprint density at radius 2 is 2.11 bits per heavy atom. The maximum Gasteiger partial charge on any atom is 0.330 e. The van der Waals surface area contributed by atoms with E-state index in [4.69, 9.17) is 4.74 Å². The number of esters is 1. The number of ether oxygens (including phenoxy) is 1. The van der Waals surface area contributed by atoms with Crippen LogP contribution in [0.1, 0.15) is 28.4 Å². The predicted octanol–water partition coefficient (Wildman–Crippen LogP) is 2.52.